The molecule has 0 spiro atoms. The Morgan fingerprint density at radius 1 is 0.764 bits per heavy atom. The van der Waals surface area contributed by atoms with E-state index >= 15 is 8.78 Å². The van der Waals surface area contributed by atoms with Gasteiger partial charge in [0.05, 0.1) is 12.0 Å². The molecule has 14 nitrogen and oxygen atoms in total. The Balaban J connectivity index is 1.35. The number of anilines is 2. The number of guanidine groups is 1. The number of ether oxygens (including phenoxy) is 3. The second-order valence-electron chi connectivity index (χ2n) is 16.0. The standard InChI is InChI=1S/C39H51F2N7O7/c1-37(2,3)53-34(50)42-24-46-16-14-25(15-17-46)28-12-10-26(22-29(28)40)32(49)43-27-11-13-31(30(41)23-27)47-18-20-48(21-19-47)33(44-35(51)54-38(4,5)6)45-36(52)55-39(7,8)9/h10-14,22-24H,15-21H2,1-9H3,(H,43,49)(H,44,45,51,52). The van der Waals surface area contributed by atoms with Crippen LogP contribution in [0.4, 0.5) is 34.5 Å². The SMILES string of the molecule is CC(C)(C)OC(=O)N=CN1CC=C(c2ccc(C(=O)Nc3ccc(N4CCN(C(=NC(=O)OC(C)(C)C)NC(=O)OC(C)(C)C)CC4)c(F)c3)cc2F)CC1. The number of nitrogens with zero attached hydrogens (tertiary/aromatic N) is 5. The molecule has 0 radical (unpaired) electrons. The second-order valence-corrected chi connectivity index (χ2v) is 16.0. The average molecular weight is 768 g/mol. The summed E-state index contributed by atoms with van der Waals surface area (Å²) in [6.07, 6.45) is 1.37. The lowest BCUT2D eigenvalue weighted by atomic mass is 9.97. The normalized spacial score (nSPS) is 15.7. The highest BCUT2D eigenvalue weighted by Crippen LogP contribution is 2.27. The van der Waals surface area contributed by atoms with Gasteiger partial charge in [0.15, 0.2) is 0 Å². The highest BCUT2D eigenvalue weighted by Gasteiger charge is 2.27. The van der Waals surface area contributed by atoms with Crippen molar-refractivity contribution < 1.29 is 42.2 Å². The minimum absolute atomic E-state index is 0.0459. The fraction of sp³-hybridized carbons (Fsp3) is 0.487. The molecule has 4 amide bonds. The smallest absolute Gasteiger partial charge is 0.437 e. The molecule has 2 N–H and O–H groups in total. The van der Waals surface area contributed by atoms with E-state index in [1.165, 1.54) is 30.6 Å². The van der Waals surface area contributed by atoms with Gasteiger partial charge in [0.2, 0.25) is 5.96 Å². The van der Waals surface area contributed by atoms with Crippen LogP contribution >= 0.6 is 0 Å². The van der Waals surface area contributed by atoms with Crippen molar-refractivity contribution >= 4 is 53.4 Å². The van der Waals surface area contributed by atoms with Gasteiger partial charge >= 0.3 is 18.3 Å². The molecule has 1 fully saturated rings. The zero-order chi connectivity index (χ0) is 40.7. The largest absolute Gasteiger partial charge is 0.444 e. The Kier molecular flexibility index (Phi) is 13.3. The number of amides is 4. The molecule has 0 bridgehead atoms. The molecule has 298 valence electrons. The Bertz CT molecular complexity index is 1850. The molecule has 1 saturated heterocycles. The number of carbonyl (C=O) groups excluding carboxylic acids is 4. The number of halogens is 2. The molecule has 55 heavy (non-hydrogen) atoms. The Labute approximate surface area is 320 Å². The topological polar surface area (TPSA) is 154 Å². The zero-order valence-electron chi connectivity index (χ0n) is 32.9. The Morgan fingerprint density at radius 2 is 1.40 bits per heavy atom. The molecule has 2 aliphatic rings. The molecule has 2 heterocycles. The first-order valence-electron chi connectivity index (χ1n) is 18.0. The lowest BCUT2D eigenvalue weighted by Gasteiger charge is -2.37. The fourth-order valence-electron chi connectivity index (χ4n) is 5.52. The molecule has 0 saturated carbocycles. The summed E-state index contributed by atoms with van der Waals surface area (Å²) in [5.41, 5.74) is -0.583. The number of nitrogens with one attached hydrogen (secondary N) is 2. The van der Waals surface area contributed by atoms with Crippen molar-refractivity contribution in [1.29, 1.82) is 0 Å². The van der Waals surface area contributed by atoms with E-state index in [-0.39, 0.29) is 36.0 Å². The van der Waals surface area contributed by atoms with Gasteiger partial charge in [-0.05, 0) is 105 Å². The molecular formula is C39H51F2N7O7. The summed E-state index contributed by atoms with van der Waals surface area (Å²) in [6, 6.07) is 8.47. The Hall–Kier alpha value is -5.54. The van der Waals surface area contributed by atoms with Crippen molar-refractivity contribution in [3.05, 3.63) is 65.2 Å². The van der Waals surface area contributed by atoms with Crippen LogP contribution in [-0.4, -0.2) is 102 Å². The van der Waals surface area contributed by atoms with Crippen LogP contribution in [0, 0.1) is 11.6 Å². The summed E-state index contributed by atoms with van der Waals surface area (Å²) in [7, 11) is 0. The highest BCUT2D eigenvalue weighted by molar-refractivity contribution is 6.04. The maximum atomic E-state index is 15.4. The second kappa shape index (κ2) is 17.3. The van der Waals surface area contributed by atoms with Crippen LogP contribution < -0.4 is 15.5 Å². The third-order valence-corrected chi connectivity index (χ3v) is 7.87. The van der Waals surface area contributed by atoms with Gasteiger partial charge in [0.25, 0.3) is 5.91 Å². The summed E-state index contributed by atoms with van der Waals surface area (Å²) in [6.45, 7) is 17.6. The minimum Gasteiger partial charge on any atom is -0.444 e. The molecule has 0 unspecified atom stereocenters. The summed E-state index contributed by atoms with van der Waals surface area (Å²) >= 11 is 0. The van der Waals surface area contributed by atoms with Crippen LogP contribution in [0.15, 0.2) is 52.5 Å². The van der Waals surface area contributed by atoms with Gasteiger partial charge in [0.1, 0.15) is 28.4 Å². The monoisotopic (exact) mass is 767 g/mol. The molecule has 0 aromatic heterocycles. The number of benzene rings is 2. The van der Waals surface area contributed by atoms with Crippen molar-refractivity contribution in [2.24, 2.45) is 9.98 Å². The first-order valence-corrected chi connectivity index (χ1v) is 18.0. The number of carbonyl (C=O) groups is 4. The van der Waals surface area contributed by atoms with Crippen molar-refractivity contribution in [2.75, 3.05) is 49.5 Å². The van der Waals surface area contributed by atoms with E-state index in [1.54, 1.807) is 78.2 Å². The predicted molar refractivity (Wildman–Crippen MR) is 206 cm³/mol. The van der Waals surface area contributed by atoms with Crippen LogP contribution in [0.3, 0.4) is 0 Å². The van der Waals surface area contributed by atoms with Crippen molar-refractivity contribution in [3.8, 4) is 0 Å². The molecule has 2 aromatic carbocycles. The van der Waals surface area contributed by atoms with Gasteiger partial charge < -0.3 is 34.2 Å². The molecule has 2 aromatic rings. The van der Waals surface area contributed by atoms with Crippen LogP contribution in [-0.2, 0) is 14.2 Å². The summed E-state index contributed by atoms with van der Waals surface area (Å²) in [5, 5.41) is 5.17. The fourth-order valence-corrected chi connectivity index (χ4v) is 5.52. The van der Waals surface area contributed by atoms with E-state index in [2.05, 4.69) is 20.6 Å². The lowest BCUT2D eigenvalue weighted by Crippen LogP contribution is -2.54. The van der Waals surface area contributed by atoms with E-state index < -0.39 is 52.6 Å². The molecule has 0 aliphatic carbocycles. The van der Waals surface area contributed by atoms with E-state index in [4.69, 9.17) is 14.2 Å². The van der Waals surface area contributed by atoms with Gasteiger partial charge in [0, 0.05) is 56.1 Å². The maximum Gasteiger partial charge on any atom is 0.437 e. The van der Waals surface area contributed by atoms with Gasteiger partial charge in [-0.3, -0.25) is 10.1 Å². The zero-order valence-corrected chi connectivity index (χ0v) is 32.9. The van der Waals surface area contributed by atoms with Crippen molar-refractivity contribution in [1.82, 2.24) is 15.1 Å². The van der Waals surface area contributed by atoms with Gasteiger partial charge in [-0.1, -0.05) is 12.1 Å². The summed E-state index contributed by atoms with van der Waals surface area (Å²) < 4.78 is 46.5. The van der Waals surface area contributed by atoms with Crippen LogP contribution in [0.5, 0.6) is 0 Å². The summed E-state index contributed by atoms with van der Waals surface area (Å²) in [4.78, 5) is 63.1. The highest BCUT2D eigenvalue weighted by atomic mass is 19.1. The molecular weight excluding hydrogens is 716 g/mol. The average Bonchev–Trinajstić information content (AvgIpc) is 3.05. The molecule has 16 heteroatoms. The van der Waals surface area contributed by atoms with E-state index in [1.807, 2.05) is 11.0 Å². The van der Waals surface area contributed by atoms with E-state index in [9.17, 15) is 19.2 Å². The lowest BCUT2D eigenvalue weighted by molar-refractivity contribution is 0.0550. The van der Waals surface area contributed by atoms with Gasteiger partial charge in [-0.2, -0.15) is 4.99 Å². The third kappa shape index (κ3) is 13.4. The number of rotatable bonds is 5. The quantitative estimate of drug-likeness (QED) is 0.181. The van der Waals surface area contributed by atoms with Crippen molar-refractivity contribution in [3.63, 3.8) is 0 Å². The first-order chi connectivity index (χ1) is 25.5. The number of aliphatic imine (C=N–C) groups is 2. The van der Waals surface area contributed by atoms with Crippen molar-refractivity contribution in [2.45, 2.75) is 85.5 Å². The number of hydrogen-bond donors (Lipinski definition) is 2. The van der Waals surface area contributed by atoms with E-state index in [0.717, 1.165) is 11.6 Å². The number of hydrogen-bond acceptors (Lipinski definition) is 8. The van der Waals surface area contributed by atoms with Gasteiger partial charge in [-0.25, -0.2) is 23.2 Å². The minimum atomic E-state index is -0.887. The Morgan fingerprint density at radius 3 is 1.96 bits per heavy atom. The van der Waals surface area contributed by atoms with Crippen LogP contribution in [0.2, 0.25) is 0 Å². The molecule has 4 rings (SSSR count). The predicted octanol–water partition coefficient (Wildman–Crippen LogP) is 7.21. The van der Waals surface area contributed by atoms with Crippen LogP contribution in [0.1, 0.15) is 84.7 Å². The summed E-state index contributed by atoms with van der Waals surface area (Å²) in [5.74, 6) is -1.81. The third-order valence-electron chi connectivity index (χ3n) is 7.87. The van der Waals surface area contributed by atoms with Gasteiger partial charge in [-0.15, -0.1) is 4.99 Å². The van der Waals surface area contributed by atoms with E-state index in [0.29, 0.717) is 38.2 Å². The molecule has 0 atom stereocenters. The van der Waals surface area contributed by atoms with Crippen LogP contribution in [0.25, 0.3) is 5.57 Å². The number of alkyl carbamates (subject to hydrolysis) is 1. The molecule has 2 aliphatic heterocycles. The number of piperazine rings is 1. The first kappa shape index (κ1) is 42.2. The maximum absolute atomic E-state index is 15.4.